The van der Waals surface area contributed by atoms with Crippen LogP contribution in [-0.2, 0) is 5.41 Å². The lowest BCUT2D eigenvalue weighted by Crippen LogP contribution is -2.26. The quantitative estimate of drug-likeness (QED) is 0.926. The van der Waals surface area contributed by atoms with Crippen LogP contribution in [0.15, 0.2) is 24.3 Å². The standard InChI is InChI=1S/C17H23N3OS/c1-17(2,3)15-19-20-16(22-15)21-14-6-4-12(5-7-14)13-8-10-18-11-9-13/h4-7,13,18H,8-11H2,1-3H3. The van der Waals surface area contributed by atoms with Crippen LogP contribution in [0.2, 0.25) is 0 Å². The number of nitrogens with zero attached hydrogens (tertiary/aromatic N) is 2. The van der Waals surface area contributed by atoms with E-state index in [9.17, 15) is 0 Å². The summed E-state index contributed by atoms with van der Waals surface area (Å²) >= 11 is 1.51. The smallest absolute Gasteiger partial charge is 0.299 e. The van der Waals surface area contributed by atoms with Gasteiger partial charge in [-0.15, -0.1) is 5.10 Å². The van der Waals surface area contributed by atoms with Crippen LogP contribution in [0.1, 0.15) is 50.1 Å². The van der Waals surface area contributed by atoms with E-state index in [1.807, 2.05) is 12.1 Å². The maximum absolute atomic E-state index is 5.83. The van der Waals surface area contributed by atoms with Gasteiger partial charge in [0.15, 0.2) is 0 Å². The molecular formula is C17H23N3OS. The number of piperidine rings is 1. The third-order valence-electron chi connectivity index (χ3n) is 3.94. The highest BCUT2D eigenvalue weighted by Crippen LogP contribution is 2.32. The molecule has 0 unspecified atom stereocenters. The van der Waals surface area contributed by atoms with Gasteiger partial charge in [-0.25, -0.2) is 0 Å². The molecule has 5 heteroatoms. The molecule has 2 aromatic rings. The average molecular weight is 317 g/mol. The fourth-order valence-corrected chi connectivity index (χ4v) is 3.39. The minimum absolute atomic E-state index is 0.0121. The first-order valence-corrected chi connectivity index (χ1v) is 8.66. The molecule has 0 radical (unpaired) electrons. The van der Waals surface area contributed by atoms with Crippen LogP contribution in [0.3, 0.4) is 0 Å². The zero-order valence-corrected chi connectivity index (χ0v) is 14.2. The van der Waals surface area contributed by atoms with E-state index in [0.29, 0.717) is 11.1 Å². The molecule has 118 valence electrons. The summed E-state index contributed by atoms with van der Waals surface area (Å²) in [6.45, 7) is 8.62. The lowest BCUT2D eigenvalue weighted by Gasteiger charge is -2.23. The van der Waals surface area contributed by atoms with Crippen molar-refractivity contribution in [3.8, 4) is 10.9 Å². The number of rotatable bonds is 3. The van der Waals surface area contributed by atoms with Crippen LogP contribution in [0.4, 0.5) is 0 Å². The molecule has 1 aliphatic heterocycles. The van der Waals surface area contributed by atoms with Crippen LogP contribution in [0.25, 0.3) is 0 Å². The minimum atomic E-state index is 0.0121. The zero-order chi connectivity index (χ0) is 15.6. The van der Waals surface area contributed by atoms with Crippen molar-refractivity contribution in [2.24, 2.45) is 0 Å². The van der Waals surface area contributed by atoms with Gasteiger partial charge in [0.25, 0.3) is 5.19 Å². The highest BCUT2D eigenvalue weighted by Gasteiger charge is 2.20. The molecule has 0 amide bonds. The second-order valence-electron chi connectivity index (χ2n) is 6.82. The highest BCUT2D eigenvalue weighted by atomic mass is 32.1. The summed E-state index contributed by atoms with van der Waals surface area (Å²) in [5.74, 6) is 1.50. The number of benzene rings is 1. The second kappa shape index (κ2) is 6.34. The predicted molar refractivity (Wildman–Crippen MR) is 90.0 cm³/mol. The highest BCUT2D eigenvalue weighted by molar-refractivity contribution is 7.13. The molecule has 3 rings (SSSR count). The summed E-state index contributed by atoms with van der Waals surface area (Å²) in [6.07, 6.45) is 2.43. The zero-order valence-electron chi connectivity index (χ0n) is 13.4. The van der Waals surface area contributed by atoms with Crippen molar-refractivity contribution in [2.45, 2.75) is 44.9 Å². The van der Waals surface area contributed by atoms with Gasteiger partial charge in [-0.3, -0.25) is 0 Å². The van der Waals surface area contributed by atoms with Crippen LogP contribution in [0, 0.1) is 0 Å². The Morgan fingerprint density at radius 1 is 1.09 bits per heavy atom. The van der Waals surface area contributed by atoms with Gasteiger partial charge in [0.1, 0.15) is 10.8 Å². The van der Waals surface area contributed by atoms with Gasteiger partial charge >= 0.3 is 0 Å². The summed E-state index contributed by atoms with van der Waals surface area (Å²) in [4.78, 5) is 0. The fourth-order valence-electron chi connectivity index (χ4n) is 2.62. The number of hydrogen-bond acceptors (Lipinski definition) is 5. The Balaban J connectivity index is 1.67. The minimum Gasteiger partial charge on any atom is -0.430 e. The average Bonchev–Trinajstić information content (AvgIpc) is 2.98. The molecule has 0 bridgehead atoms. The number of hydrogen-bond donors (Lipinski definition) is 1. The van der Waals surface area contributed by atoms with Gasteiger partial charge in [-0.05, 0) is 49.5 Å². The van der Waals surface area contributed by atoms with Gasteiger partial charge in [0.2, 0.25) is 0 Å². The summed E-state index contributed by atoms with van der Waals surface area (Å²) in [7, 11) is 0. The van der Waals surface area contributed by atoms with E-state index in [0.717, 1.165) is 23.8 Å². The monoisotopic (exact) mass is 317 g/mol. The third kappa shape index (κ3) is 3.65. The first kappa shape index (κ1) is 15.4. The van der Waals surface area contributed by atoms with Gasteiger partial charge in [-0.1, -0.05) is 49.3 Å². The van der Waals surface area contributed by atoms with Crippen molar-refractivity contribution in [1.82, 2.24) is 15.5 Å². The van der Waals surface area contributed by atoms with E-state index in [-0.39, 0.29) is 5.41 Å². The van der Waals surface area contributed by atoms with Crippen LogP contribution in [-0.4, -0.2) is 23.3 Å². The Morgan fingerprint density at radius 2 is 1.77 bits per heavy atom. The molecule has 1 aromatic heterocycles. The van der Waals surface area contributed by atoms with Gasteiger partial charge in [-0.2, -0.15) is 0 Å². The Bertz CT molecular complexity index is 610. The normalized spacial score (nSPS) is 16.7. The van der Waals surface area contributed by atoms with Crippen molar-refractivity contribution in [2.75, 3.05) is 13.1 Å². The lowest BCUT2D eigenvalue weighted by molar-refractivity contribution is 0.457. The first-order chi connectivity index (χ1) is 10.5. The molecule has 1 aliphatic rings. The van der Waals surface area contributed by atoms with E-state index in [1.165, 1.54) is 29.7 Å². The van der Waals surface area contributed by atoms with Gasteiger partial charge in [0.05, 0.1) is 0 Å². The second-order valence-corrected chi connectivity index (χ2v) is 7.76. The van der Waals surface area contributed by atoms with Crippen molar-refractivity contribution in [3.05, 3.63) is 34.8 Å². The molecule has 1 saturated heterocycles. The van der Waals surface area contributed by atoms with E-state index in [4.69, 9.17) is 4.74 Å². The van der Waals surface area contributed by atoms with E-state index >= 15 is 0 Å². The third-order valence-corrected chi connectivity index (χ3v) is 5.17. The molecule has 0 atom stereocenters. The first-order valence-electron chi connectivity index (χ1n) is 7.85. The Morgan fingerprint density at radius 3 is 2.36 bits per heavy atom. The summed E-state index contributed by atoms with van der Waals surface area (Å²) in [5, 5.41) is 13.3. The Labute approximate surface area is 135 Å². The molecule has 22 heavy (non-hydrogen) atoms. The van der Waals surface area contributed by atoms with Crippen molar-refractivity contribution >= 4 is 11.3 Å². The van der Waals surface area contributed by atoms with Crippen LogP contribution >= 0.6 is 11.3 Å². The fraction of sp³-hybridized carbons (Fsp3) is 0.529. The van der Waals surface area contributed by atoms with E-state index < -0.39 is 0 Å². The molecule has 1 N–H and O–H groups in total. The molecule has 4 nitrogen and oxygen atoms in total. The number of nitrogens with one attached hydrogen (secondary N) is 1. The van der Waals surface area contributed by atoms with E-state index in [1.54, 1.807) is 0 Å². The molecule has 2 heterocycles. The van der Waals surface area contributed by atoms with E-state index in [2.05, 4.69) is 48.4 Å². The summed E-state index contributed by atoms with van der Waals surface area (Å²) < 4.78 is 5.83. The van der Waals surface area contributed by atoms with Crippen LogP contribution < -0.4 is 10.1 Å². The number of ether oxygens (including phenoxy) is 1. The maximum atomic E-state index is 5.83. The molecule has 0 aliphatic carbocycles. The molecule has 1 fully saturated rings. The van der Waals surface area contributed by atoms with Crippen molar-refractivity contribution in [3.63, 3.8) is 0 Å². The van der Waals surface area contributed by atoms with Crippen molar-refractivity contribution < 1.29 is 4.74 Å². The van der Waals surface area contributed by atoms with Gasteiger partial charge < -0.3 is 10.1 Å². The largest absolute Gasteiger partial charge is 0.430 e. The maximum Gasteiger partial charge on any atom is 0.299 e. The molecule has 0 spiro atoms. The van der Waals surface area contributed by atoms with Gasteiger partial charge in [0, 0.05) is 5.41 Å². The Hall–Kier alpha value is -1.46. The SMILES string of the molecule is CC(C)(C)c1nnc(Oc2ccc(C3CCNCC3)cc2)s1. The summed E-state index contributed by atoms with van der Waals surface area (Å²) in [6, 6.07) is 8.43. The lowest BCUT2D eigenvalue weighted by atomic mass is 9.90. The summed E-state index contributed by atoms with van der Waals surface area (Å²) in [5.41, 5.74) is 1.42. The molecule has 1 aromatic carbocycles. The number of aromatic nitrogens is 2. The Kier molecular flexibility index (Phi) is 4.45. The predicted octanol–water partition coefficient (Wildman–Crippen LogP) is 4.09. The van der Waals surface area contributed by atoms with Crippen molar-refractivity contribution in [1.29, 1.82) is 0 Å². The molecular weight excluding hydrogens is 294 g/mol. The van der Waals surface area contributed by atoms with Crippen LogP contribution in [0.5, 0.6) is 10.9 Å². The molecule has 0 saturated carbocycles. The topological polar surface area (TPSA) is 47.0 Å².